The van der Waals surface area contributed by atoms with Crippen LogP contribution in [0.4, 0.5) is 4.39 Å². The third kappa shape index (κ3) is 4.17. The molecule has 0 atom stereocenters. The molecular formula is C20H19FN4O3. The van der Waals surface area contributed by atoms with Gasteiger partial charge in [0.2, 0.25) is 0 Å². The first-order chi connectivity index (χ1) is 13.5. The summed E-state index contributed by atoms with van der Waals surface area (Å²) in [5.41, 5.74) is 4.86. The number of nitrogens with one attached hydrogen (secondary N) is 2. The summed E-state index contributed by atoms with van der Waals surface area (Å²) >= 11 is 0. The Labute approximate surface area is 160 Å². The van der Waals surface area contributed by atoms with Gasteiger partial charge >= 0.3 is 11.8 Å². The summed E-state index contributed by atoms with van der Waals surface area (Å²) in [6.07, 6.45) is 2.89. The standard InChI is InChI=1S/C20H19FN4O3/c1-13-10-15(14(2)25(13)18-8-4-3-7-17(18)21)11-23-24-20(27)19(26)22-12-16-6-5-9-28-16/h3-11H,12H2,1-2H3,(H,22,26)(H,24,27)/b23-11-. The van der Waals surface area contributed by atoms with Gasteiger partial charge in [-0.2, -0.15) is 5.10 Å². The van der Waals surface area contributed by atoms with Gasteiger partial charge in [-0.05, 0) is 44.2 Å². The largest absolute Gasteiger partial charge is 0.467 e. The number of carbonyl (C=O) groups is 2. The fourth-order valence-corrected chi connectivity index (χ4v) is 2.79. The first-order valence-corrected chi connectivity index (χ1v) is 8.55. The van der Waals surface area contributed by atoms with Gasteiger partial charge in [-0.3, -0.25) is 9.59 Å². The molecule has 0 radical (unpaired) electrons. The van der Waals surface area contributed by atoms with E-state index in [0.717, 1.165) is 11.4 Å². The Hall–Kier alpha value is -3.68. The molecule has 0 spiro atoms. The number of hydrogen-bond acceptors (Lipinski definition) is 4. The van der Waals surface area contributed by atoms with Gasteiger partial charge in [0, 0.05) is 17.0 Å². The molecule has 3 rings (SSSR count). The topological polar surface area (TPSA) is 88.6 Å². The number of carbonyl (C=O) groups excluding carboxylic acids is 2. The van der Waals surface area contributed by atoms with Crippen LogP contribution in [0.25, 0.3) is 5.69 Å². The molecule has 0 fully saturated rings. The number of amides is 2. The van der Waals surface area contributed by atoms with Crippen LogP contribution < -0.4 is 10.7 Å². The van der Waals surface area contributed by atoms with Crippen molar-refractivity contribution in [1.82, 2.24) is 15.3 Å². The Bertz CT molecular complexity index is 1020. The van der Waals surface area contributed by atoms with E-state index in [9.17, 15) is 14.0 Å². The number of rotatable bonds is 5. The zero-order valence-corrected chi connectivity index (χ0v) is 15.4. The highest BCUT2D eigenvalue weighted by Crippen LogP contribution is 2.21. The van der Waals surface area contributed by atoms with Crippen molar-refractivity contribution in [2.45, 2.75) is 20.4 Å². The lowest BCUT2D eigenvalue weighted by Gasteiger charge is -2.10. The van der Waals surface area contributed by atoms with Crippen LogP contribution in [-0.2, 0) is 16.1 Å². The highest BCUT2D eigenvalue weighted by Gasteiger charge is 2.14. The third-order valence-electron chi connectivity index (χ3n) is 4.14. The van der Waals surface area contributed by atoms with Crippen molar-refractivity contribution in [3.63, 3.8) is 0 Å². The fraction of sp³-hybridized carbons (Fsp3) is 0.150. The molecule has 2 aromatic heterocycles. The second kappa shape index (κ2) is 8.34. The highest BCUT2D eigenvalue weighted by molar-refractivity contribution is 6.35. The van der Waals surface area contributed by atoms with Crippen molar-refractivity contribution >= 4 is 18.0 Å². The second-order valence-electron chi connectivity index (χ2n) is 6.07. The first kappa shape index (κ1) is 19.1. The van der Waals surface area contributed by atoms with E-state index in [0.29, 0.717) is 17.0 Å². The van der Waals surface area contributed by atoms with Crippen molar-refractivity contribution < 1.29 is 18.4 Å². The minimum atomic E-state index is -0.897. The fourth-order valence-electron chi connectivity index (χ4n) is 2.79. The second-order valence-corrected chi connectivity index (χ2v) is 6.07. The van der Waals surface area contributed by atoms with Crippen LogP contribution in [0.15, 0.2) is 58.2 Å². The normalized spacial score (nSPS) is 11.0. The summed E-state index contributed by atoms with van der Waals surface area (Å²) in [7, 11) is 0. The summed E-state index contributed by atoms with van der Waals surface area (Å²) in [6, 6.07) is 11.6. The van der Waals surface area contributed by atoms with E-state index in [1.165, 1.54) is 18.5 Å². The maximum atomic E-state index is 14.1. The van der Waals surface area contributed by atoms with Gasteiger partial charge in [0.15, 0.2) is 0 Å². The molecule has 0 unspecified atom stereocenters. The molecule has 0 aliphatic heterocycles. The SMILES string of the molecule is Cc1cc(/C=N\NC(=O)C(=O)NCc2ccco2)c(C)n1-c1ccccc1F. The number of halogens is 1. The van der Waals surface area contributed by atoms with Crippen LogP contribution in [0.5, 0.6) is 0 Å². The predicted molar refractivity (Wildman–Crippen MR) is 101 cm³/mol. The molecular weight excluding hydrogens is 363 g/mol. The molecule has 28 heavy (non-hydrogen) atoms. The Balaban J connectivity index is 1.64. The molecule has 8 heteroatoms. The third-order valence-corrected chi connectivity index (χ3v) is 4.14. The molecule has 0 aliphatic carbocycles. The summed E-state index contributed by atoms with van der Waals surface area (Å²) in [6.45, 7) is 3.77. The van der Waals surface area contributed by atoms with Gasteiger partial charge in [-0.15, -0.1) is 0 Å². The van der Waals surface area contributed by atoms with Crippen molar-refractivity contribution in [2.75, 3.05) is 0 Å². The number of hydrazone groups is 1. The number of nitrogens with zero attached hydrogens (tertiary/aromatic N) is 2. The Morgan fingerprint density at radius 3 is 2.68 bits per heavy atom. The van der Waals surface area contributed by atoms with Crippen LogP contribution in [0.2, 0.25) is 0 Å². The average Bonchev–Trinajstić information content (AvgIpc) is 3.29. The van der Waals surface area contributed by atoms with Crippen LogP contribution in [-0.4, -0.2) is 22.6 Å². The van der Waals surface area contributed by atoms with Gasteiger partial charge in [0.25, 0.3) is 0 Å². The molecule has 7 nitrogen and oxygen atoms in total. The number of para-hydroxylation sites is 1. The molecule has 1 aromatic carbocycles. The monoisotopic (exact) mass is 382 g/mol. The van der Waals surface area contributed by atoms with Gasteiger partial charge in [0.1, 0.15) is 11.6 Å². The predicted octanol–water partition coefficient (Wildman–Crippen LogP) is 2.59. The van der Waals surface area contributed by atoms with Crippen molar-refractivity contribution in [3.05, 3.63) is 77.3 Å². The summed E-state index contributed by atoms with van der Waals surface area (Å²) < 4.78 is 20.9. The lowest BCUT2D eigenvalue weighted by Crippen LogP contribution is -2.37. The highest BCUT2D eigenvalue weighted by atomic mass is 19.1. The van der Waals surface area contributed by atoms with Crippen molar-refractivity contribution in [2.24, 2.45) is 5.10 Å². The number of hydrogen-bond donors (Lipinski definition) is 2. The summed E-state index contributed by atoms with van der Waals surface area (Å²) in [4.78, 5) is 23.5. The molecule has 3 aromatic rings. The average molecular weight is 382 g/mol. The molecule has 2 amide bonds. The van der Waals surface area contributed by atoms with E-state index in [1.54, 1.807) is 34.9 Å². The van der Waals surface area contributed by atoms with E-state index >= 15 is 0 Å². The number of aryl methyl sites for hydroxylation is 1. The maximum absolute atomic E-state index is 14.1. The number of aromatic nitrogens is 1. The number of furan rings is 1. The Morgan fingerprint density at radius 1 is 1.18 bits per heavy atom. The molecule has 0 saturated heterocycles. The molecule has 0 saturated carbocycles. The van der Waals surface area contributed by atoms with E-state index in [2.05, 4.69) is 15.8 Å². The summed E-state index contributed by atoms with van der Waals surface area (Å²) in [5.74, 6) is -1.53. The molecule has 2 heterocycles. The maximum Gasteiger partial charge on any atom is 0.329 e. The van der Waals surface area contributed by atoms with Crippen LogP contribution in [0.3, 0.4) is 0 Å². The summed E-state index contributed by atoms with van der Waals surface area (Å²) in [5, 5.41) is 6.24. The van der Waals surface area contributed by atoms with E-state index in [4.69, 9.17) is 4.42 Å². The lowest BCUT2D eigenvalue weighted by molar-refractivity contribution is -0.139. The van der Waals surface area contributed by atoms with Crippen LogP contribution in [0.1, 0.15) is 22.7 Å². The van der Waals surface area contributed by atoms with Gasteiger partial charge in [-0.25, -0.2) is 9.82 Å². The van der Waals surface area contributed by atoms with Crippen molar-refractivity contribution in [1.29, 1.82) is 0 Å². The number of benzene rings is 1. The minimum Gasteiger partial charge on any atom is -0.467 e. The Kier molecular flexibility index (Phi) is 5.69. The zero-order chi connectivity index (χ0) is 20.1. The van der Waals surface area contributed by atoms with Gasteiger partial charge in [-0.1, -0.05) is 12.1 Å². The Morgan fingerprint density at radius 2 is 1.96 bits per heavy atom. The minimum absolute atomic E-state index is 0.104. The van der Waals surface area contributed by atoms with Crippen LogP contribution >= 0.6 is 0 Å². The van der Waals surface area contributed by atoms with Gasteiger partial charge < -0.3 is 14.3 Å². The van der Waals surface area contributed by atoms with Crippen LogP contribution in [0, 0.1) is 19.7 Å². The smallest absolute Gasteiger partial charge is 0.329 e. The molecule has 0 aliphatic rings. The first-order valence-electron chi connectivity index (χ1n) is 8.55. The van der Waals surface area contributed by atoms with E-state index in [1.807, 2.05) is 19.9 Å². The zero-order valence-electron chi connectivity index (χ0n) is 15.4. The quantitative estimate of drug-likeness (QED) is 0.404. The van der Waals surface area contributed by atoms with Gasteiger partial charge in [0.05, 0.1) is 24.7 Å². The molecule has 2 N–H and O–H groups in total. The van der Waals surface area contributed by atoms with Crippen molar-refractivity contribution in [3.8, 4) is 5.69 Å². The van der Waals surface area contributed by atoms with E-state index < -0.39 is 11.8 Å². The van der Waals surface area contributed by atoms with E-state index in [-0.39, 0.29) is 12.4 Å². The molecule has 144 valence electrons. The molecule has 0 bridgehead atoms. The lowest BCUT2D eigenvalue weighted by atomic mass is 10.2.